The topological polar surface area (TPSA) is 337 Å². The second kappa shape index (κ2) is 27.3. The minimum Gasteiger partial charge on any atom is -0.508 e. The number of thiocarbonyl (C=S) groups is 1. The molecule has 1 heterocycles. The number of aromatic carboxylic acids is 1. The summed E-state index contributed by atoms with van der Waals surface area (Å²) in [6, 6.07) is 9.26. The summed E-state index contributed by atoms with van der Waals surface area (Å²) >= 11 is 6.54. The van der Waals surface area contributed by atoms with Gasteiger partial charge in [-0.15, -0.1) is 0 Å². The molecule has 0 saturated carbocycles. The van der Waals surface area contributed by atoms with Crippen molar-refractivity contribution in [1.29, 1.82) is 0 Å². The van der Waals surface area contributed by atoms with Crippen LogP contribution in [0.3, 0.4) is 0 Å². The summed E-state index contributed by atoms with van der Waals surface area (Å²) in [6.45, 7) is 1.97. The second-order valence-electron chi connectivity index (χ2n) is 14.4. The molecule has 2 aliphatic rings. The molecule has 24 heteroatoms. The number of rotatable bonds is 29. The fraction of sp³-hybridized carbons (Fsp3) is 0.395. The van der Waals surface area contributed by atoms with E-state index in [0.29, 0.717) is 60.7 Å². The quantitative estimate of drug-likeness (QED) is 0.0206. The molecule has 0 aromatic heterocycles. The van der Waals surface area contributed by atoms with Crippen LogP contribution >= 0.6 is 24.0 Å². The highest BCUT2D eigenvalue weighted by atomic mass is 32.2. The Morgan fingerprint density at radius 2 is 1.42 bits per heavy atom. The Morgan fingerprint density at radius 1 is 0.776 bits per heavy atom. The highest BCUT2D eigenvalue weighted by Gasteiger charge is 2.30. The molecule has 2 aromatic carbocycles. The highest BCUT2D eigenvalue weighted by molar-refractivity contribution is 7.98. The van der Waals surface area contributed by atoms with Crippen LogP contribution < -0.4 is 37.7 Å². The number of amides is 3. The van der Waals surface area contributed by atoms with Gasteiger partial charge in [0.05, 0.1) is 64.8 Å². The maximum absolute atomic E-state index is 12.5. The SMILES string of the molecule is CSCC(NC(=O)[C@H](CC(=O)O)NC(=O)[C@@H](N)CNC(=O)CCOCCOCCOCCOCCNC(=S)Nc1ccc(-c2c3ccc(=O)cc-3oc3cc(O)ccc23)c(C(=O)O)c1)C(=O)O. The lowest BCUT2D eigenvalue weighted by Crippen LogP contribution is -2.57. The molecule has 11 N–H and O–H groups in total. The van der Waals surface area contributed by atoms with Crippen LogP contribution in [0.25, 0.3) is 33.4 Å². The molecule has 22 nitrogen and oxygen atoms in total. The van der Waals surface area contributed by atoms with Crippen molar-refractivity contribution in [2.75, 3.05) is 83.3 Å². The molecule has 0 fully saturated rings. The molecule has 0 saturated heterocycles. The number of phenolic OH excluding ortho intramolecular Hbond substituents is 1. The largest absolute Gasteiger partial charge is 0.508 e. The molecule has 0 bridgehead atoms. The van der Waals surface area contributed by atoms with Gasteiger partial charge in [0, 0.05) is 59.6 Å². The number of aliphatic carboxylic acids is 2. The molecular weight excluding hydrogens is 921 g/mol. The fourth-order valence-electron chi connectivity index (χ4n) is 6.19. The third-order valence-corrected chi connectivity index (χ3v) is 10.3. The predicted octanol–water partition coefficient (Wildman–Crippen LogP) is 1.05. The monoisotopic (exact) mass is 972 g/mol. The second-order valence-corrected chi connectivity index (χ2v) is 15.7. The van der Waals surface area contributed by atoms with Crippen molar-refractivity contribution >= 4 is 81.4 Å². The van der Waals surface area contributed by atoms with Gasteiger partial charge >= 0.3 is 17.9 Å². The standard InChI is InChI=1S/C43H52N6O16S2/c1-67-23-33(42(59)60)49-40(56)32(21-37(53)54)48-39(55)31(44)22-46-36(52)8-10-61-12-14-63-16-17-64-15-13-62-11-9-45-43(66)47-24-2-5-27(30(18-24)41(57)58)38-28-6-3-25(50)19-34(28)65-35-20-26(51)4-7-29(35)38/h2-7,18-20,31-33,50H,8-17,21-23,44H2,1H3,(H,46,52)(H,48,55)(H,49,56)(H,53,54)(H,57,58)(H,59,60)(H2,45,47,66)/t31-,32-,33?/m0/s1. The van der Waals surface area contributed by atoms with Gasteiger partial charge in [0.2, 0.25) is 17.7 Å². The first-order valence-electron chi connectivity index (χ1n) is 20.6. The summed E-state index contributed by atoms with van der Waals surface area (Å²) in [7, 11) is 0. The van der Waals surface area contributed by atoms with Crippen molar-refractivity contribution in [3.8, 4) is 28.2 Å². The van der Waals surface area contributed by atoms with Crippen molar-refractivity contribution in [3.05, 3.63) is 70.4 Å². The van der Waals surface area contributed by atoms with Crippen LogP contribution in [0.2, 0.25) is 0 Å². The first-order chi connectivity index (χ1) is 32.1. The van der Waals surface area contributed by atoms with Gasteiger partial charge < -0.3 is 76.1 Å². The lowest BCUT2D eigenvalue weighted by Gasteiger charge is -2.21. The number of nitrogens with one attached hydrogen (secondary N) is 5. The number of nitrogens with two attached hydrogens (primary N) is 1. The van der Waals surface area contributed by atoms with Gasteiger partial charge in [0.15, 0.2) is 10.5 Å². The number of hydrogen-bond donors (Lipinski definition) is 10. The van der Waals surface area contributed by atoms with Crippen LogP contribution in [0.5, 0.6) is 5.75 Å². The molecule has 0 spiro atoms. The van der Waals surface area contributed by atoms with Crippen LogP contribution in [-0.2, 0) is 42.9 Å². The zero-order chi connectivity index (χ0) is 48.9. The summed E-state index contributed by atoms with van der Waals surface area (Å²) in [5.74, 6) is -6.15. The summed E-state index contributed by atoms with van der Waals surface area (Å²) in [5, 5.41) is 52.2. The summed E-state index contributed by atoms with van der Waals surface area (Å²) in [6.07, 6.45) is 0.743. The third-order valence-electron chi connectivity index (χ3n) is 9.39. The smallest absolute Gasteiger partial charge is 0.336 e. The van der Waals surface area contributed by atoms with E-state index in [4.69, 9.17) is 46.4 Å². The Bertz CT molecular complexity index is 2400. The number of thioether (sulfide) groups is 1. The summed E-state index contributed by atoms with van der Waals surface area (Å²) in [5.41, 5.74) is 7.59. The number of anilines is 1. The van der Waals surface area contributed by atoms with E-state index in [1.165, 1.54) is 30.3 Å². The van der Waals surface area contributed by atoms with E-state index < -0.39 is 60.2 Å². The van der Waals surface area contributed by atoms with E-state index in [2.05, 4.69) is 26.6 Å². The van der Waals surface area contributed by atoms with Gasteiger partial charge in [0.25, 0.3) is 0 Å². The van der Waals surface area contributed by atoms with E-state index in [-0.39, 0.29) is 78.3 Å². The van der Waals surface area contributed by atoms with Crippen molar-refractivity contribution < 1.29 is 72.6 Å². The highest BCUT2D eigenvalue weighted by Crippen LogP contribution is 2.42. The molecule has 2 aromatic rings. The van der Waals surface area contributed by atoms with Crippen LogP contribution in [0, 0.1) is 0 Å². The van der Waals surface area contributed by atoms with E-state index in [1.54, 1.807) is 30.5 Å². The molecule has 0 radical (unpaired) electrons. The normalized spacial score (nSPS) is 12.4. The fourth-order valence-corrected chi connectivity index (χ4v) is 6.97. The lowest BCUT2D eigenvalue weighted by atomic mass is 9.90. The Balaban J connectivity index is 1.04. The number of carbonyl (C=O) groups excluding carboxylic acids is 3. The molecule has 3 atom stereocenters. The average molecular weight is 973 g/mol. The molecule has 4 rings (SSSR count). The van der Waals surface area contributed by atoms with Gasteiger partial charge in [-0.2, -0.15) is 11.8 Å². The minimum absolute atomic E-state index is 0.0148. The number of ether oxygens (including phenoxy) is 4. The molecular formula is C43H52N6O16S2. The Hall–Kier alpha value is -6.41. The minimum atomic E-state index is -1.60. The van der Waals surface area contributed by atoms with Crippen LogP contribution in [0.15, 0.2) is 63.8 Å². The van der Waals surface area contributed by atoms with E-state index in [1.807, 2.05) is 0 Å². The molecule has 1 unspecified atom stereocenters. The predicted molar refractivity (Wildman–Crippen MR) is 248 cm³/mol. The maximum Gasteiger partial charge on any atom is 0.336 e. The number of benzene rings is 3. The number of carboxylic acid groups (broad SMARTS) is 3. The van der Waals surface area contributed by atoms with Gasteiger partial charge in [-0.05, 0) is 60.4 Å². The van der Waals surface area contributed by atoms with Crippen molar-refractivity contribution in [2.45, 2.75) is 31.0 Å². The average Bonchev–Trinajstić information content (AvgIpc) is 3.27. The van der Waals surface area contributed by atoms with E-state index in [0.717, 1.165) is 11.8 Å². The molecule has 3 amide bonds. The number of hydrogen-bond acceptors (Lipinski definition) is 16. The molecule has 67 heavy (non-hydrogen) atoms. The zero-order valence-electron chi connectivity index (χ0n) is 36.2. The first-order valence-corrected chi connectivity index (χ1v) is 22.4. The molecule has 362 valence electrons. The van der Waals surface area contributed by atoms with Gasteiger partial charge in [-0.25, -0.2) is 9.59 Å². The van der Waals surface area contributed by atoms with Crippen molar-refractivity contribution in [3.63, 3.8) is 0 Å². The Labute approximate surface area is 392 Å². The zero-order valence-corrected chi connectivity index (χ0v) is 37.8. The third kappa shape index (κ3) is 17.4. The van der Waals surface area contributed by atoms with Gasteiger partial charge in [-0.1, -0.05) is 6.07 Å². The Kier molecular flexibility index (Phi) is 21.7. The van der Waals surface area contributed by atoms with Crippen molar-refractivity contribution in [1.82, 2.24) is 21.3 Å². The van der Waals surface area contributed by atoms with E-state index >= 15 is 0 Å². The van der Waals surface area contributed by atoms with Gasteiger partial charge in [0.1, 0.15) is 35.2 Å². The number of carbonyl (C=O) groups is 6. The maximum atomic E-state index is 12.5. The lowest BCUT2D eigenvalue weighted by molar-refractivity contribution is -0.143. The number of aromatic hydroxyl groups is 1. The first kappa shape index (κ1) is 53.2. The van der Waals surface area contributed by atoms with Crippen LogP contribution in [0.1, 0.15) is 23.2 Å². The van der Waals surface area contributed by atoms with E-state index in [9.17, 15) is 48.9 Å². The summed E-state index contributed by atoms with van der Waals surface area (Å²) in [4.78, 5) is 84.4. The van der Waals surface area contributed by atoms with Gasteiger partial charge in [-0.3, -0.25) is 24.0 Å². The van der Waals surface area contributed by atoms with Crippen LogP contribution in [0.4, 0.5) is 5.69 Å². The molecule has 1 aliphatic carbocycles. The van der Waals surface area contributed by atoms with Crippen molar-refractivity contribution in [2.24, 2.45) is 5.73 Å². The van der Waals surface area contributed by atoms with Crippen LogP contribution in [-0.4, -0.2) is 157 Å². The number of phenols is 1. The number of carboxylic acids is 3. The Morgan fingerprint density at radius 3 is 2.06 bits per heavy atom. The summed E-state index contributed by atoms with van der Waals surface area (Å²) < 4.78 is 27.8. The number of fused-ring (bicyclic) bond motifs is 2. The molecule has 1 aliphatic heterocycles.